The number of benzene rings is 1. The second-order valence-electron chi connectivity index (χ2n) is 6.22. The number of nitrogens with one attached hydrogen (secondary N) is 1. The van der Waals surface area contributed by atoms with Crippen molar-refractivity contribution in [2.75, 3.05) is 29.9 Å². The van der Waals surface area contributed by atoms with Gasteiger partial charge in [-0.1, -0.05) is 18.2 Å². The van der Waals surface area contributed by atoms with Crippen LogP contribution >= 0.6 is 0 Å². The number of anilines is 2. The summed E-state index contributed by atoms with van der Waals surface area (Å²) >= 11 is 0. The van der Waals surface area contributed by atoms with Crippen LogP contribution in [0.4, 0.5) is 11.6 Å². The summed E-state index contributed by atoms with van der Waals surface area (Å²) < 4.78 is 5.60. The van der Waals surface area contributed by atoms with Crippen molar-refractivity contribution in [3.63, 3.8) is 0 Å². The Morgan fingerprint density at radius 1 is 1.20 bits per heavy atom. The van der Waals surface area contributed by atoms with Gasteiger partial charge in [-0.15, -0.1) is 5.10 Å². The van der Waals surface area contributed by atoms with Gasteiger partial charge in [0.15, 0.2) is 5.76 Å². The Bertz CT molecular complexity index is 860. The van der Waals surface area contributed by atoms with E-state index >= 15 is 0 Å². The molecule has 0 spiro atoms. The average Bonchev–Trinajstić information content (AvgIpc) is 3.09. The lowest BCUT2D eigenvalue weighted by Gasteiger charge is -2.31. The highest BCUT2D eigenvalue weighted by Crippen LogP contribution is 2.26. The van der Waals surface area contributed by atoms with Gasteiger partial charge in [-0.05, 0) is 43.5 Å². The van der Waals surface area contributed by atoms with E-state index in [2.05, 4.69) is 49.7 Å². The van der Waals surface area contributed by atoms with Gasteiger partial charge in [-0.25, -0.2) is 4.98 Å². The van der Waals surface area contributed by atoms with Crippen LogP contribution in [0.1, 0.15) is 17.7 Å². The summed E-state index contributed by atoms with van der Waals surface area (Å²) in [6.45, 7) is 4.67. The summed E-state index contributed by atoms with van der Waals surface area (Å²) in [5.74, 6) is 2.09. The molecule has 4 rings (SSSR count). The van der Waals surface area contributed by atoms with Crippen molar-refractivity contribution in [1.82, 2.24) is 15.2 Å². The SMILES string of the molecule is Cc1ccc(-c2cnnc(NCCN3CCCc4ccccc43)n2)o1. The normalized spacial score (nSPS) is 13.6. The van der Waals surface area contributed by atoms with Gasteiger partial charge in [0.1, 0.15) is 11.5 Å². The minimum Gasteiger partial charge on any atom is -0.460 e. The molecule has 3 heterocycles. The van der Waals surface area contributed by atoms with Crippen LogP contribution in [0.5, 0.6) is 0 Å². The molecule has 0 amide bonds. The average molecular weight is 335 g/mol. The maximum Gasteiger partial charge on any atom is 0.243 e. The van der Waals surface area contributed by atoms with Crippen LogP contribution in [-0.4, -0.2) is 34.8 Å². The summed E-state index contributed by atoms with van der Waals surface area (Å²) in [6.07, 6.45) is 3.98. The Balaban J connectivity index is 1.40. The highest BCUT2D eigenvalue weighted by molar-refractivity contribution is 5.56. The number of hydrogen-bond acceptors (Lipinski definition) is 6. The summed E-state index contributed by atoms with van der Waals surface area (Å²) in [5.41, 5.74) is 3.46. The van der Waals surface area contributed by atoms with Gasteiger partial charge in [0.2, 0.25) is 5.95 Å². The van der Waals surface area contributed by atoms with Gasteiger partial charge in [-0.2, -0.15) is 5.10 Å². The van der Waals surface area contributed by atoms with Crippen molar-refractivity contribution in [3.8, 4) is 11.5 Å². The Hall–Kier alpha value is -2.89. The first-order valence-corrected chi connectivity index (χ1v) is 8.63. The van der Waals surface area contributed by atoms with Crippen LogP contribution in [0.2, 0.25) is 0 Å². The number of rotatable bonds is 5. The number of fused-ring (bicyclic) bond motifs is 1. The van der Waals surface area contributed by atoms with E-state index in [1.165, 1.54) is 17.7 Å². The van der Waals surface area contributed by atoms with Gasteiger partial charge >= 0.3 is 0 Å². The quantitative estimate of drug-likeness (QED) is 0.771. The van der Waals surface area contributed by atoms with Crippen LogP contribution in [0, 0.1) is 6.92 Å². The number of aryl methyl sites for hydroxylation is 2. The maximum atomic E-state index is 5.60. The summed E-state index contributed by atoms with van der Waals surface area (Å²) in [7, 11) is 0. The van der Waals surface area contributed by atoms with Crippen molar-refractivity contribution in [2.24, 2.45) is 0 Å². The van der Waals surface area contributed by atoms with E-state index in [1.807, 2.05) is 19.1 Å². The van der Waals surface area contributed by atoms with Crippen molar-refractivity contribution >= 4 is 11.6 Å². The van der Waals surface area contributed by atoms with Gasteiger partial charge < -0.3 is 14.6 Å². The molecule has 3 aromatic rings. The molecular formula is C19H21N5O. The molecule has 0 radical (unpaired) electrons. The maximum absolute atomic E-state index is 5.60. The van der Waals surface area contributed by atoms with E-state index in [0.29, 0.717) is 17.4 Å². The molecule has 6 heteroatoms. The Kier molecular flexibility index (Phi) is 4.33. The fourth-order valence-corrected chi connectivity index (χ4v) is 3.22. The molecule has 1 aliphatic heterocycles. The molecule has 0 bridgehead atoms. The van der Waals surface area contributed by atoms with Gasteiger partial charge in [0, 0.05) is 25.3 Å². The first-order chi connectivity index (χ1) is 12.3. The largest absolute Gasteiger partial charge is 0.460 e. The van der Waals surface area contributed by atoms with Crippen molar-refractivity contribution in [3.05, 3.63) is 53.9 Å². The molecule has 0 saturated carbocycles. The third kappa shape index (κ3) is 3.47. The summed E-state index contributed by atoms with van der Waals surface area (Å²) in [6, 6.07) is 12.4. The predicted octanol–water partition coefficient (Wildman–Crippen LogP) is 3.30. The van der Waals surface area contributed by atoms with Gasteiger partial charge in [0.05, 0.1) is 6.20 Å². The molecule has 0 aliphatic carbocycles. The molecule has 0 saturated heterocycles. The smallest absolute Gasteiger partial charge is 0.243 e. The first-order valence-electron chi connectivity index (χ1n) is 8.63. The third-order valence-corrected chi connectivity index (χ3v) is 4.42. The second kappa shape index (κ2) is 6.93. The molecule has 1 aromatic carbocycles. The zero-order valence-corrected chi connectivity index (χ0v) is 14.3. The van der Waals surface area contributed by atoms with Gasteiger partial charge in [-0.3, -0.25) is 0 Å². The summed E-state index contributed by atoms with van der Waals surface area (Å²) in [5, 5.41) is 11.4. The zero-order valence-electron chi connectivity index (χ0n) is 14.3. The number of aromatic nitrogens is 3. The van der Waals surface area contributed by atoms with Crippen molar-refractivity contribution in [2.45, 2.75) is 19.8 Å². The number of nitrogens with zero attached hydrogens (tertiary/aromatic N) is 4. The molecule has 128 valence electrons. The van der Waals surface area contributed by atoms with Crippen LogP contribution in [0.15, 0.2) is 47.0 Å². The zero-order chi connectivity index (χ0) is 17.1. The Morgan fingerprint density at radius 2 is 2.12 bits per heavy atom. The third-order valence-electron chi connectivity index (χ3n) is 4.42. The second-order valence-corrected chi connectivity index (χ2v) is 6.22. The molecule has 6 nitrogen and oxygen atoms in total. The lowest BCUT2D eigenvalue weighted by atomic mass is 10.0. The van der Waals surface area contributed by atoms with Crippen LogP contribution in [-0.2, 0) is 6.42 Å². The number of para-hydroxylation sites is 1. The summed E-state index contributed by atoms with van der Waals surface area (Å²) in [4.78, 5) is 6.90. The van der Waals surface area contributed by atoms with E-state index in [4.69, 9.17) is 4.42 Å². The number of hydrogen-bond donors (Lipinski definition) is 1. The fraction of sp³-hybridized carbons (Fsp3) is 0.316. The highest BCUT2D eigenvalue weighted by Gasteiger charge is 2.15. The molecule has 1 aliphatic rings. The standard InChI is InChI=1S/C19H21N5O/c1-14-8-9-18(25-14)16-13-21-23-19(22-16)20-10-12-24-11-4-6-15-5-2-3-7-17(15)24/h2-3,5,7-9,13H,4,6,10-12H2,1H3,(H,20,22,23). The van der Waals surface area contributed by atoms with Crippen LogP contribution in [0.25, 0.3) is 11.5 Å². The molecule has 0 atom stereocenters. The molecule has 2 aromatic heterocycles. The molecule has 1 N–H and O–H groups in total. The van der Waals surface area contributed by atoms with Crippen LogP contribution in [0.3, 0.4) is 0 Å². The van der Waals surface area contributed by atoms with Crippen molar-refractivity contribution < 1.29 is 4.42 Å². The van der Waals surface area contributed by atoms with Crippen molar-refractivity contribution in [1.29, 1.82) is 0 Å². The minimum atomic E-state index is 0.525. The van der Waals surface area contributed by atoms with E-state index in [9.17, 15) is 0 Å². The highest BCUT2D eigenvalue weighted by atomic mass is 16.3. The molecule has 0 fully saturated rings. The number of furan rings is 1. The topological polar surface area (TPSA) is 67.1 Å². The first kappa shape index (κ1) is 15.6. The molecular weight excluding hydrogens is 314 g/mol. The van der Waals surface area contributed by atoms with E-state index in [0.717, 1.165) is 31.8 Å². The minimum absolute atomic E-state index is 0.525. The Labute approximate surface area is 146 Å². The predicted molar refractivity (Wildman–Crippen MR) is 97.7 cm³/mol. The Morgan fingerprint density at radius 3 is 3.00 bits per heavy atom. The monoisotopic (exact) mass is 335 g/mol. The lowest BCUT2D eigenvalue weighted by Crippen LogP contribution is -2.33. The van der Waals surface area contributed by atoms with E-state index in [-0.39, 0.29) is 0 Å². The van der Waals surface area contributed by atoms with E-state index < -0.39 is 0 Å². The van der Waals surface area contributed by atoms with E-state index in [1.54, 1.807) is 6.20 Å². The van der Waals surface area contributed by atoms with Gasteiger partial charge in [0.25, 0.3) is 0 Å². The molecule has 0 unspecified atom stereocenters. The lowest BCUT2D eigenvalue weighted by molar-refractivity contribution is 0.545. The van der Waals surface area contributed by atoms with Crippen LogP contribution < -0.4 is 10.2 Å². The molecule has 25 heavy (non-hydrogen) atoms. The fourth-order valence-electron chi connectivity index (χ4n) is 3.22.